The normalized spacial score (nSPS) is 13.9. The summed E-state index contributed by atoms with van der Waals surface area (Å²) < 4.78 is 23.5. The standard InChI is InChI=1S/C23H27O5P/c1-4-27-29(26,28-5-2)17-16-21(19-12-8-6-9-13-19)22(18(3)24)23(25)20-14-10-7-11-15-20/h6-17,21-22H,4-5H2,1-3H3/b17-16+. The van der Waals surface area contributed by atoms with E-state index < -0.39 is 19.4 Å². The Kier molecular flexibility index (Phi) is 8.71. The van der Waals surface area contributed by atoms with Crippen molar-refractivity contribution < 1.29 is 23.2 Å². The zero-order valence-electron chi connectivity index (χ0n) is 17.0. The molecule has 0 fully saturated rings. The molecule has 2 aromatic carbocycles. The molecule has 0 radical (unpaired) electrons. The lowest BCUT2D eigenvalue weighted by atomic mass is 9.79. The van der Waals surface area contributed by atoms with Crippen LogP contribution in [0.1, 0.15) is 42.6 Å². The summed E-state index contributed by atoms with van der Waals surface area (Å²) in [6.07, 6.45) is 1.61. The van der Waals surface area contributed by atoms with Gasteiger partial charge in [-0.15, -0.1) is 0 Å². The van der Waals surface area contributed by atoms with Crippen LogP contribution in [0.25, 0.3) is 0 Å². The number of hydrogen-bond acceptors (Lipinski definition) is 5. The molecule has 0 saturated carbocycles. The van der Waals surface area contributed by atoms with Crippen LogP contribution in [-0.4, -0.2) is 24.8 Å². The molecule has 5 nitrogen and oxygen atoms in total. The number of allylic oxidation sites excluding steroid dienone is 1. The molecule has 0 saturated heterocycles. The number of benzene rings is 2. The van der Waals surface area contributed by atoms with Crippen LogP contribution in [0.4, 0.5) is 0 Å². The van der Waals surface area contributed by atoms with Gasteiger partial charge >= 0.3 is 7.60 Å². The maximum Gasteiger partial charge on any atom is 0.353 e. The van der Waals surface area contributed by atoms with Crippen LogP contribution in [0.5, 0.6) is 0 Å². The zero-order chi connectivity index (χ0) is 21.3. The van der Waals surface area contributed by atoms with Crippen molar-refractivity contribution in [1.29, 1.82) is 0 Å². The third-order valence-corrected chi connectivity index (χ3v) is 6.19. The van der Waals surface area contributed by atoms with E-state index >= 15 is 0 Å². The van der Waals surface area contributed by atoms with Crippen LogP contribution in [0, 0.1) is 5.92 Å². The fourth-order valence-corrected chi connectivity index (χ4v) is 4.52. The molecule has 154 valence electrons. The Balaban J connectivity index is 2.51. The number of rotatable bonds is 11. The second-order valence-corrected chi connectivity index (χ2v) is 8.37. The maximum absolute atomic E-state index is 13.2. The molecular formula is C23H27O5P. The smallest absolute Gasteiger partial charge is 0.306 e. The number of ketones is 2. The second kappa shape index (κ2) is 11.0. The first kappa shape index (κ1) is 23.0. The first-order valence-corrected chi connectivity index (χ1v) is 11.3. The summed E-state index contributed by atoms with van der Waals surface area (Å²) in [5.74, 6) is -0.728. The van der Waals surface area contributed by atoms with Crippen molar-refractivity contribution in [2.75, 3.05) is 13.2 Å². The van der Waals surface area contributed by atoms with E-state index in [-0.39, 0.29) is 24.8 Å². The SMILES string of the molecule is CCOP(=O)(/C=C/C(c1ccccc1)C(C(C)=O)C(=O)c1ccccc1)OCC. The summed E-state index contributed by atoms with van der Waals surface area (Å²) in [5, 5.41) is 0. The van der Waals surface area contributed by atoms with Crippen molar-refractivity contribution in [3.63, 3.8) is 0 Å². The quantitative estimate of drug-likeness (QED) is 0.270. The average Bonchev–Trinajstić information content (AvgIpc) is 2.72. The summed E-state index contributed by atoms with van der Waals surface area (Å²) >= 11 is 0. The lowest BCUT2D eigenvalue weighted by molar-refractivity contribution is -0.119. The first-order valence-electron chi connectivity index (χ1n) is 9.64. The van der Waals surface area contributed by atoms with Gasteiger partial charge in [0.1, 0.15) is 5.78 Å². The highest BCUT2D eigenvalue weighted by molar-refractivity contribution is 7.57. The molecule has 0 aliphatic heterocycles. The van der Waals surface area contributed by atoms with Gasteiger partial charge in [0.15, 0.2) is 5.78 Å². The highest BCUT2D eigenvalue weighted by Gasteiger charge is 2.33. The zero-order valence-corrected chi connectivity index (χ0v) is 17.9. The van der Waals surface area contributed by atoms with Crippen LogP contribution >= 0.6 is 7.60 Å². The van der Waals surface area contributed by atoms with Crippen LogP contribution in [0.3, 0.4) is 0 Å². The van der Waals surface area contributed by atoms with Gasteiger partial charge in [-0.1, -0.05) is 66.7 Å². The predicted molar refractivity (Wildman–Crippen MR) is 114 cm³/mol. The summed E-state index contributed by atoms with van der Waals surface area (Å²) in [5.41, 5.74) is 1.23. The van der Waals surface area contributed by atoms with E-state index in [1.165, 1.54) is 12.7 Å². The average molecular weight is 414 g/mol. The van der Waals surface area contributed by atoms with E-state index in [0.717, 1.165) is 5.56 Å². The number of carbonyl (C=O) groups is 2. The summed E-state index contributed by atoms with van der Waals surface area (Å²) in [4.78, 5) is 25.8. The van der Waals surface area contributed by atoms with Gasteiger partial charge in [-0.2, -0.15) is 0 Å². The Hall–Kier alpha value is -2.33. The molecule has 0 aliphatic carbocycles. The van der Waals surface area contributed by atoms with Gasteiger partial charge in [0.25, 0.3) is 0 Å². The topological polar surface area (TPSA) is 69.7 Å². The van der Waals surface area contributed by atoms with Gasteiger partial charge in [0.2, 0.25) is 0 Å². The van der Waals surface area contributed by atoms with Crippen LogP contribution in [0.15, 0.2) is 72.6 Å². The van der Waals surface area contributed by atoms with E-state index in [2.05, 4.69) is 0 Å². The summed E-state index contributed by atoms with van der Waals surface area (Å²) in [6.45, 7) is 5.30. The molecule has 2 atom stereocenters. The highest BCUT2D eigenvalue weighted by Crippen LogP contribution is 2.50. The minimum absolute atomic E-state index is 0.219. The van der Waals surface area contributed by atoms with E-state index in [0.29, 0.717) is 5.56 Å². The largest absolute Gasteiger partial charge is 0.353 e. The first-order chi connectivity index (χ1) is 13.9. The highest BCUT2D eigenvalue weighted by atomic mass is 31.2. The molecule has 0 bridgehead atoms. The fourth-order valence-electron chi connectivity index (χ4n) is 3.15. The third-order valence-electron chi connectivity index (χ3n) is 4.42. The maximum atomic E-state index is 13.2. The van der Waals surface area contributed by atoms with Crippen LogP contribution in [0.2, 0.25) is 0 Å². The molecule has 2 aromatic rings. The van der Waals surface area contributed by atoms with Crippen molar-refractivity contribution in [2.24, 2.45) is 5.92 Å². The van der Waals surface area contributed by atoms with Gasteiger partial charge in [-0.05, 0) is 26.3 Å². The van der Waals surface area contributed by atoms with E-state index in [9.17, 15) is 14.2 Å². The van der Waals surface area contributed by atoms with Crippen LogP contribution < -0.4 is 0 Å². The number of hydrogen-bond donors (Lipinski definition) is 0. The molecule has 0 aliphatic rings. The second-order valence-electron chi connectivity index (χ2n) is 6.47. The lowest BCUT2D eigenvalue weighted by Gasteiger charge is -2.23. The Morgan fingerprint density at radius 1 is 0.931 bits per heavy atom. The Morgan fingerprint density at radius 3 is 1.93 bits per heavy atom. The van der Waals surface area contributed by atoms with Crippen molar-refractivity contribution in [1.82, 2.24) is 0 Å². The molecule has 0 amide bonds. The number of carbonyl (C=O) groups excluding carboxylic acids is 2. The van der Waals surface area contributed by atoms with Gasteiger partial charge in [-0.25, -0.2) is 0 Å². The molecular weight excluding hydrogens is 387 g/mol. The molecule has 0 aromatic heterocycles. The molecule has 6 heteroatoms. The van der Waals surface area contributed by atoms with Crippen molar-refractivity contribution >= 4 is 19.2 Å². The Labute approximate surface area is 172 Å². The van der Waals surface area contributed by atoms with Crippen molar-refractivity contribution in [2.45, 2.75) is 26.7 Å². The molecule has 0 spiro atoms. The number of Topliss-reactive ketones (excluding diaryl/α,β-unsaturated/α-hetero) is 2. The Morgan fingerprint density at radius 2 is 1.45 bits per heavy atom. The minimum Gasteiger partial charge on any atom is -0.306 e. The fraction of sp³-hybridized carbons (Fsp3) is 0.304. The van der Waals surface area contributed by atoms with E-state index in [4.69, 9.17) is 9.05 Å². The monoisotopic (exact) mass is 414 g/mol. The van der Waals surface area contributed by atoms with Crippen molar-refractivity contribution in [3.8, 4) is 0 Å². The summed E-state index contributed by atoms with van der Waals surface area (Å²) in [6, 6.07) is 17.9. The molecule has 0 N–H and O–H groups in total. The van der Waals surface area contributed by atoms with E-state index in [1.807, 2.05) is 36.4 Å². The predicted octanol–water partition coefficient (Wildman–Crippen LogP) is 5.64. The minimum atomic E-state index is -3.47. The Bertz CT molecular complexity index is 867. The van der Waals surface area contributed by atoms with Gasteiger partial charge in [0, 0.05) is 17.3 Å². The molecule has 29 heavy (non-hydrogen) atoms. The summed E-state index contributed by atoms with van der Waals surface area (Å²) in [7, 11) is -3.47. The van der Waals surface area contributed by atoms with Gasteiger partial charge < -0.3 is 9.05 Å². The van der Waals surface area contributed by atoms with Gasteiger partial charge in [0.05, 0.1) is 19.1 Å². The van der Waals surface area contributed by atoms with Crippen molar-refractivity contribution in [3.05, 3.63) is 83.7 Å². The molecule has 2 unspecified atom stereocenters. The molecule has 0 heterocycles. The van der Waals surface area contributed by atoms with E-state index in [1.54, 1.807) is 44.2 Å². The lowest BCUT2D eigenvalue weighted by Crippen LogP contribution is -2.28. The van der Waals surface area contributed by atoms with Gasteiger partial charge in [-0.3, -0.25) is 14.2 Å². The molecule has 2 rings (SSSR count). The third kappa shape index (κ3) is 6.33. The van der Waals surface area contributed by atoms with Crippen LogP contribution in [-0.2, 0) is 18.4 Å².